The number of amides is 3. The van der Waals surface area contributed by atoms with E-state index in [-0.39, 0.29) is 23.7 Å². The van der Waals surface area contributed by atoms with Crippen LogP contribution in [0.3, 0.4) is 0 Å². The smallest absolute Gasteiger partial charge is 0.251 e. The molecule has 1 aliphatic heterocycles. The lowest BCUT2D eigenvalue weighted by atomic mass is 9.87. The van der Waals surface area contributed by atoms with Crippen molar-refractivity contribution in [3.63, 3.8) is 0 Å². The van der Waals surface area contributed by atoms with Crippen molar-refractivity contribution in [2.45, 2.75) is 46.6 Å². The molecule has 0 spiro atoms. The van der Waals surface area contributed by atoms with Crippen molar-refractivity contribution in [2.24, 2.45) is 11.8 Å². The van der Waals surface area contributed by atoms with Gasteiger partial charge in [0.1, 0.15) is 11.9 Å². The Hall–Kier alpha value is -2.44. The molecule has 0 aliphatic carbocycles. The van der Waals surface area contributed by atoms with Crippen LogP contribution >= 0.6 is 0 Å². The maximum Gasteiger partial charge on any atom is 0.251 e. The van der Waals surface area contributed by atoms with Crippen molar-refractivity contribution in [1.29, 1.82) is 0 Å². The first-order valence-corrected chi connectivity index (χ1v) is 10.4. The Morgan fingerprint density at radius 1 is 1.10 bits per heavy atom. The third-order valence-electron chi connectivity index (χ3n) is 5.55. The third kappa shape index (κ3) is 5.78. The number of carbonyl (C=O) groups is 3. The van der Waals surface area contributed by atoms with Crippen LogP contribution in [0, 0.1) is 17.7 Å². The van der Waals surface area contributed by atoms with Gasteiger partial charge in [-0.25, -0.2) is 4.39 Å². The number of halogens is 1. The molecule has 7 heteroatoms. The summed E-state index contributed by atoms with van der Waals surface area (Å²) in [5, 5.41) is 2.88. The highest BCUT2D eigenvalue weighted by atomic mass is 19.1. The van der Waals surface area contributed by atoms with Crippen LogP contribution in [-0.4, -0.2) is 59.7 Å². The molecule has 160 valence electrons. The highest BCUT2D eigenvalue weighted by molar-refractivity contribution is 5.97. The van der Waals surface area contributed by atoms with Gasteiger partial charge in [0.15, 0.2) is 0 Å². The van der Waals surface area contributed by atoms with Gasteiger partial charge in [-0.2, -0.15) is 0 Å². The molecular formula is C22H32FN3O3. The van der Waals surface area contributed by atoms with Crippen molar-refractivity contribution in [3.05, 3.63) is 35.6 Å². The first-order chi connectivity index (χ1) is 13.8. The molecule has 1 atom stereocenters. The second-order valence-electron chi connectivity index (χ2n) is 7.79. The van der Waals surface area contributed by atoms with Gasteiger partial charge >= 0.3 is 0 Å². The highest BCUT2D eigenvalue weighted by Crippen LogP contribution is 2.24. The SMILES string of the molecule is CCN(CC)C(=O)C(NC(=O)c1ccc(F)cc1)C1CCN(C(=O)C(C)C)CC1. The lowest BCUT2D eigenvalue weighted by Gasteiger charge is -2.38. The molecule has 0 radical (unpaired) electrons. The Kier molecular flexibility index (Phi) is 8.17. The summed E-state index contributed by atoms with van der Waals surface area (Å²) in [6.45, 7) is 9.85. The van der Waals surface area contributed by atoms with Crippen LogP contribution in [0.4, 0.5) is 4.39 Å². The van der Waals surface area contributed by atoms with Crippen LogP contribution in [0.15, 0.2) is 24.3 Å². The van der Waals surface area contributed by atoms with E-state index in [1.54, 1.807) is 4.90 Å². The van der Waals surface area contributed by atoms with Crippen molar-refractivity contribution in [3.8, 4) is 0 Å². The first-order valence-electron chi connectivity index (χ1n) is 10.4. The second-order valence-corrected chi connectivity index (χ2v) is 7.79. The Morgan fingerprint density at radius 3 is 2.14 bits per heavy atom. The summed E-state index contributed by atoms with van der Waals surface area (Å²) in [4.78, 5) is 41.6. The zero-order valence-electron chi connectivity index (χ0n) is 17.8. The molecule has 6 nitrogen and oxygen atoms in total. The number of rotatable bonds is 7. The average molecular weight is 406 g/mol. The predicted octanol–water partition coefficient (Wildman–Crippen LogP) is 2.69. The minimum Gasteiger partial charge on any atom is -0.342 e. The molecular weight excluding hydrogens is 373 g/mol. The van der Waals surface area contributed by atoms with Crippen LogP contribution < -0.4 is 5.32 Å². The predicted molar refractivity (Wildman–Crippen MR) is 110 cm³/mol. The van der Waals surface area contributed by atoms with Crippen LogP contribution in [0.2, 0.25) is 0 Å². The van der Waals surface area contributed by atoms with E-state index in [9.17, 15) is 18.8 Å². The molecule has 1 fully saturated rings. The van der Waals surface area contributed by atoms with E-state index < -0.39 is 17.8 Å². The lowest BCUT2D eigenvalue weighted by molar-refractivity contribution is -0.137. The molecule has 1 heterocycles. The molecule has 1 unspecified atom stereocenters. The molecule has 29 heavy (non-hydrogen) atoms. The number of nitrogens with one attached hydrogen (secondary N) is 1. The highest BCUT2D eigenvalue weighted by Gasteiger charge is 2.35. The molecule has 2 rings (SSSR count). The van der Waals surface area contributed by atoms with Crippen LogP contribution in [0.5, 0.6) is 0 Å². The molecule has 1 N–H and O–H groups in total. The van der Waals surface area contributed by atoms with Crippen molar-refractivity contribution < 1.29 is 18.8 Å². The van der Waals surface area contributed by atoms with Crippen molar-refractivity contribution in [2.75, 3.05) is 26.2 Å². The Balaban J connectivity index is 2.15. The van der Waals surface area contributed by atoms with E-state index in [1.165, 1.54) is 24.3 Å². The van der Waals surface area contributed by atoms with Gasteiger partial charge in [0.25, 0.3) is 5.91 Å². The number of likely N-dealkylation sites (N-methyl/N-ethyl adjacent to an activating group) is 1. The van der Waals surface area contributed by atoms with Gasteiger partial charge < -0.3 is 15.1 Å². The summed E-state index contributed by atoms with van der Waals surface area (Å²) in [6, 6.07) is 4.61. The average Bonchev–Trinajstić information content (AvgIpc) is 2.72. The molecule has 1 aliphatic rings. The summed E-state index contributed by atoms with van der Waals surface area (Å²) in [5.74, 6) is -0.915. The summed E-state index contributed by atoms with van der Waals surface area (Å²) in [7, 11) is 0. The molecule has 0 bridgehead atoms. The van der Waals surface area contributed by atoms with E-state index in [0.29, 0.717) is 44.6 Å². The standard InChI is InChI=1S/C22H32FN3O3/c1-5-25(6-2)22(29)19(24-20(27)17-7-9-18(23)10-8-17)16-11-13-26(14-12-16)21(28)15(3)4/h7-10,15-16,19H,5-6,11-14H2,1-4H3,(H,24,27). The summed E-state index contributed by atoms with van der Waals surface area (Å²) in [5.41, 5.74) is 0.316. The first kappa shape index (κ1) is 22.8. The van der Waals surface area contributed by atoms with Gasteiger partial charge in [-0.15, -0.1) is 0 Å². The fourth-order valence-corrected chi connectivity index (χ4v) is 3.76. The largest absolute Gasteiger partial charge is 0.342 e. The number of hydrogen-bond acceptors (Lipinski definition) is 3. The fraction of sp³-hybridized carbons (Fsp3) is 0.591. The molecule has 0 aromatic heterocycles. The normalized spacial score (nSPS) is 15.9. The number of likely N-dealkylation sites (tertiary alicyclic amines) is 1. The number of nitrogens with zero attached hydrogens (tertiary/aromatic N) is 2. The molecule has 1 aromatic rings. The maximum absolute atomic E-state index is 13.2. The van der Waals surface area contributed by atoms with Gasteiger partial charge in [0.2, 0.25) is 11.8 Å². The fourth-order valence-electron chi connectivity index (χ4n) is 3.76. The van der Waals surface area contributed by atoms with Crippen molar-refractivity contribution >= 4 is 17.7 Å². The maximum atomic E-state index is 13.2. The topological polar surface area (TPSA) is 69.7 Å². The van der Waals surface area contributed by atoms with Crippen LogP contribution in [0.25, 0.3) is 0 Å². The molecule has 1 saturated heterocycles. The minimum atomic E-state index is -0.663. The number of piperidine rings is 1. The van der Waals surface area contributed by atoms with E-state index in [4.69, 9.17) is 0 Å². The van der Waals surface area contributed by atoms with Gasteiger partial charge in [-0.05, 0) is 56.9 Å². The van der Waals surface area contributed by atoms with Gasteiger partial charge in [-0.3, -0.25) is 14.4 Å². The summed E-state index contributed by atoms with van der Waals surface area (Å²) < 4.78 is 13.2. The van der Waals surface area contributed by atoms with E-state index in [0.717, 1.165) is 0 Å². The van der Waals surface area contributed by atoms with Crippen molar-refractivity contribution in [1.82, 2.24) is 15.1 Å². The molecule has 1 aromatic carbocycles. The lowest BCUT2D eigenvalue weighted by Crippen LogP contribution is -2.55. The van der Waals surface area contributed by atoms with E-state index in [2.05, 4.69) is 5.32 Å². The molecule has 3 amide bonds. The van der Waals surface area contributed by atoms with Gasteiger partial charge in [0, 0.05) is 37.7 Å². The number of benzene rings is 1. The quantitative estimate of drug-likeness (QED) is 0.758. The summed E-state index contributed by atoms with van der Waals surface area (Å²) in [6.07, 6.45) is 1.31. The third-order valence-corrected chi connectivity index (χ3v) is 5.55. The Morgan fingerprint density at radius 2 is 1.66 bits per heavy atom. The minimum absolute atomic E-state index is 0.0521. The monoisotopic (exact) mass is 405 g/mol. The summed E-state index contributed by atoms with van der Waals surface area (Å²) >= 11 is 0. The number of carbonyl (C=O) groups excluding carboxylic acids is 3. The zero-order valence-corrected chi connectivity index (χ0v) is 17.8. The Labute approximate surface area is 172 Å². The molecule has 0 saturated carbocycles. The number of hydrogen-bond donors (Lipinski definition) is 1. The van der Waals surface area contributed by atoms with Crippen LogP contribution in [0.1, 0.15) is 50.9 Å². The van der Waals surface area contributed by atoms with E-state index >= 15 is 0 Å². The zero-order chi connectivity index (χ0) is 21.6. The van der Waals surface area contributed by atoms with Gasteiger partial charge in [-0.1, -0.05) is 13.8 Å². The van der Waals surface area contributed by atoms with E-state index in [1.807, 2.05) is 32.6 Å². The second kappa shape index (κ2) is 10.4. The Bertz CT molecular complexity index is 709. The van der Waals surface area contributed by atoms with Gasteiger partial charge in [0.05, 0.1) is 0 Å². The van der Waals surface area contributed by atoms with Crippen LogP contribution in [-0.2, 0) is 9.59 Å².